The van der Waals surface area contributed by atoms with E-state index in [4.69, 9.17) is 5.73 Å². The molecule has 1 fully saturated rings. The highest BCUT2D eigenvalue weighted by molar-refractivity contribution is 5.28. The summed E-state index contributed by atoms with van der Waals surface area (Å²) in [5, 5.41) is 0. The molecule has 3 rings (SSSR count). The van der Waals surface area contributed by atoms with Crippen LogP contribution in [0.2, 0.25) is 0 Å². The van der Waals surface area contributed by atoms with E-state index >= 15 is 0 Å². The summed E-state index contributed by atoms with van der Waals surface area (Å²) in [5.74, 6) is 1.04. The van der Waals surface area contributed by atoms with E-state index < -0.39 is 12.5 Å². The van der Waals surface area contributed by atoms with E-state index in [1.165, 1.54) is 11.6 Å². The van der Waals surface area contributed by atoms with Crippen LogP contribution in [0.25, 0.3) is 0 Å². The molecule has 2 unspecified atom stereocenters. The van der Waals surface area contributed by atoms with Crippen molar-refractivity contribution in [3.05, 3.63) is 47.7 Å². The van der Waals surface area contributed by atoms with E-state index in [9.17, 15) is 13.2 Å². The van der Waals surface area contributed by atoms with Gasteiger partial charge in [0.2, 0.25) is 0 Å². The van der Waals surface area contributed by atoms with Gasteiger partial charge in [-0.1, -0.05) is 30.4 Å². The Kier molecular flexibility index (Phi) is 5.69. The van der Waals surface area contributed by atoms with E-state index in [0.29, 0.717) is 18.4 Å². The second-order valence-electron chi connectivity index (χ2n) is 6.88. The minimum Gasteiger partial charge on any atom is -0.372 e. The van der Waals surface area contributed by atoms with Gasteiger partial charge >= 0.3 is 6.36 Å². The summed E-state index contributed by atoms with van der Waals surface area (Å²) in [6, 6.07) is 0. The number of ether oxygens (including phenoxy) is 1. The summed E-state index contributed by atoms with van der Waals surface area (Å²) in [6.45, 7) is 2.55. The molecule has 25 heavy (non-hydrogen) atoms. The standard InChI is InChI=1S/C19H25F3N2O/c20-19(21,22)25-18-7-5-17(6-8-18)24-11-9-16(10-12-24)15-3-1-14(13-23)2-4-15/h1,3-7,14,16,18H,2,8-13,23H2. The summed E-state index contributed by atoms with van der Waals surface area (Å²) in [6.07, 6.45) is 9.80. The van der Waals surface area contributed by atoms with E-state index in [-0.39, 0.29) is 6.42 Å². The molecule has 2 atom stereocenters. The third-order valence-corrected chi connectivity index (χ3v) is 5.18. The first kappa shape index (κ1) is 18.3. The zero-order valence-corrected chi connectivity index (χ0v) is 14.2. The van der Waals surface area contributed by atoms with Crippen LogP contribution in [0.15, 0.2) is 47.7 Å². The van der Waals surface area contributed by atoms with Crippen LogP contribution in [0.3, 0.4) is 0 Å². The molecule has 2 N–H and O–H groups in total. The number of nitrogens with zero attached hydrogens (tertiary/aromatic N) is 1. The van der Waals surface area contributed by atoms with Gasteiger partial charge in [-0.05, 0) is 55.7 Å². The van der Waals surface area contributed by atoms with Crippen LogP contribution in [-0.4, -0.2) is 37.0 Å². The van der Waals surface area contributed by atoms with E-state index in [1.807, 2.05) is 6.08 Å². The third kappa shape index (κ3) is 4.98. The molecular weight excluding hydrogens is 329 g/mol. The molecule has 1 saturated heterocycles. The van der Waals surface area contributed by atoms with Gasteiger partial charge in [0.1, 0.15) is 0 Å². The molecule has 138 valence electrons. The molecule has 0 aromatic rings. The van der Waals surface area contributed by atoms with Gasteiger partial charge in [0.05, 0.1) is 6.10 Å². The lowest BCUT2D eigenvalue weighted by molar-refractivity contribution is -0.336. The smallest absolute Gasteiger partial charge is 0.372 e. The maximum Gasteiger partial charge on any atom is 0.523 e. The molecule has 0 radical (unpaired) electrons. The number of hydrogen-bond acceptors (Lipinski definition) is 3. The monoisotopic (exact) mass is 354 g/mol. The van der Waals surface area contributed by atoms with Crippen LogP contribution < -0.4 is 5.73 Å². The molecule has 0 bridgehead atoms. The third-order valence-electron chi connectivity index (χ3n) is 5.18. The topological polar surface area (TPSA) is 38.5 Å². The van der Waals surface area contributed by atoms with Crippen molar-refractivity contribution < 1.29 is 17.9 Å². The Labute approximate surface area is 146 Å². The molecule has 1 heterocycles. The van der Waals surface area contributed by atoms with E-state index in [2.05, 4.69) is 27.9 Å². The Bertz CT molecular complexity index is 584. The van der Waals surface area contributed by atoms with Gasteiger partial charge < -0.3 is 10.6 Å². The second kappa shape index (κ2) is 7.79. The second-order valence-corrected chi connectivity index (χ2v) is 6.88. The van der Waals surface area contributed by atoms with Gasteiger partial charge in [0, 0.05) is 18.8 Å². The minimum absolute atomic E-state index is 0.264. The summed E-state index contributed by atoms with van der Waals surface area (Å²) in [5.41, 5.74) is 8.12. The predicted molar refractivity (Wildman–Crippen MR) is 91.4 cm³/mol. The number of alkyl halides is 3. The number of nitrogens with two attached hydrogens (primary N) is 1. The number of allylic oxidation sites excluding steroid dienone is 4. The summed E-state index contributed by atoms with van der Waals surface area (Å²) in [7, 11) is 0. The summed E-state index contributed by atoms with van der Waals surface area (Å²) >= 11 is 0. The SMILES string of the molecule is NCC1C=CC(C2CCN(C3=CCC(OC(F)(F)F)C=C3)CC2)=CC1. The highest BCUT2D eigenvalue weighted by Gasteiger charge is 2.33. The summed E-state index contributed by atoms with van der Waals surface area (Å²) in [4.78, 5) is 2.26. The zero-order chi connectivity index (χ0) is 17.9. The fraction of sp³-hybridized carbons (Fsp3) is 0.579. The van der Waals surface area contributed by atoms with Gasteiger partial charge in [-0.25, -0.2) is 0 Å². The van der Waals surface area contributed by atoms with Crippen LogP contribution in [0, 0.1) is 11.8 Å². The minimum atomic E-state index is -4.58. The van der Waals surface area contributed by atoms with Crippen LogP contribution in [0.5, 0.6) is 0 Å². The molecule has 2 aliphatic carbocycles. The predicted octanol–water partition coefficient (Wildman–Crippen LogP) is 3.91. The lowest BCUT2D eigenvalue weighted by Gasteiger charge is -2.36. The molecule has 1 aliphatic heterocycles. The molecule has 0 spiro atoms. The molecule has 3 aliphatic rings. The van der Waals surface area contributed by atoms with E-state index in [0.717, 1.165) is 38.0 Å². The normalized spacial score (nSPS) is 28.1. The fourth-order valence-corrected chi connectivity index (χ4v) is 3.71. The van der Waals surface area contributed by atoms with Crippen molar-refractivity contribution in [1.29, 1.82) is 0 Å². The van der Waals surface area contributed by atoms with Gasteiger partial charge in [-0.3, -0.25) is 4.74 Å². The van der Waals surface area contributed by atoms with Crippen molar-refractivity contribution in [2.24, 2.45) is 17.6 Å². The van der Waals surface area contributed by atoms with Crippen LogP contribution in [0.4, 0.5) is 13.2 Å². The number of hydrogen-bond donors (Lipinski definition) is 1. The molecule has 0 amide bonds. The van der Waals surface area contributed by atoms with Crippen LogP contribution >= 0.6 is 0 Å². The number of likely N-dealkylation sites (tertiary alicyclic amines) is 1. The zero-order valence-electron chi connectivity index (χ0n) is 14.2. The number of rotatable bonds is 4. The van der Waals surface area contributed by atoms with Crippen molar-refractivity contribution in [2.45, 2.75) is 38.1 Å². The van der Waals surface area contributed by atoms with E-state index in [1.54, 1.807) is 6.08 Å². The maximum absolute atomic E-state index is 12.3. The van der Waals surface area contributed by atoms with Crippen molar-refractivity contribution >= 4 is 0 Å². The lowest BCUT2D eigenvalue weighted by Crippen LogP contribution is -2.34. The van der Waals surface area contributed by atoms with Gasteiger partial charge in [-0.15, -0.1) is 13.2 Å². The number of halogens is 3. The summed E-state index contributed by atoms with van der Waals surface area (Å²) < 4.78 is 40.8. The molecular formula is C19H25F3N2O. The van der Waals surface area contributed by atoms with Crippen molar-refractivity contribution in [1.82, 2.24) is 4.90 Å². The van der Waals surface area contributed by atoms with Crippen molar-refractivity contribution in [2.75, 3.05) is 19.6 Å². The Hall–Kier alpha value is -1.53. The van der Waals surface area contributed by atoms with Gasteiger partial charge in [0.25, 0.3) is 0 Å². The quantitative estimate of drug-likeness (QED) is 0.832. The molecule has 0 aromatic carbocycles. The average molecular weight is 354 g/mol. The number of piperidine rings is 1. The fourth-order valence-electron chi connectivity index (χ4n) is 3.71. The molecule has 0 aromatic heterocycles. The van der Waals surface area contributed by atoms with Gasteiger partial charge in [-0.2, -0.15) is 0 Å². The highest BCUT2D eigenvalue weighted by atomic mass is 19.4. The Morgan fingerprint density at radius 3 is 2.36 bits per heavy atom. The molecule has 0 saturated carbocycles. The first-order valence-corrected chi connectivity index (χ1v) is 8.91. The molecule has 6 heteroatoms. The Morgan fingerprint density at radius 2 is 1.84 bits per heavy atom. The van der Waals surface area contributed by atoms with Crippen LogP contribution in [-0.2, 0) is 4.74 Å². The molecule has 3 nitrogen and oxygen atoms in total. The maximum atomic E-state index is 12.3. The van der Waals surface area contributed by atoms with Crippen molar-refractivity contribution in [3.63, 3.8) is 0 Å². The van der Waals surface area contributed by atoms with Crippen LogP contribution in [0.1, 0.15) is 25.7 Å². The Morgan fingerprint density at radius 1 is 1.08 bits per heavy atom. The van der Waals surface area contributed by atoms with Crippen molar-refractivity contribution in [3.8, 4) is 0 Å². The highest BCUT2D eigenvalue weighted by Crippen LogP contribution is 2.32. The first-order chi connectivity index (χ1) is 11.9. The first-order valence-electron chi connectivity index (χ1n) is 8.91. The lowest BCUT2D eigenvalue weighted by atomic mass is 9.84. The average Bonchev–Trinajstić information content (AvgIpc) is 2.61. The largest absolute Gasteiger partial charge is 0.523 e. The van der Waals surface area contributed by atoms with Gasteiger partial charge in [0.15, 0.2) is 0 Å². The Balaban J connectivity index is 1.48.